The summed E-state index contributed by atoms with van der Waals surface area (Å²) in [5, 5.41) is 10.6. The monoisotopic (exact) mass is 323 g/mol. The third kappa shape index (κ3) is 2.62. The number of halogens is 2. The van der Waals surface area contributed by atoms with Gasteiger partial charge in [0.2, 0.25) is 10.0 Å². The summed E-state index contributed by atoms with van der Waals surface area (Å²) in [4.78, 5) is 0.0905. The van der Waals surface area contributed by atoms with Gasteiger partial charge in [0.15, 0.2) is 0 Å². The number of aliphatic hydroxyl groups is 1. The van der Waals surface area contributed by atoms with Crippen molar-refractivity contribution >= 4 is 33.2 Å². The van der Waals surface area contributed by atoms with E-state index in [2.05, 4.69) is 0 Å². The van der Waals surface area contributed by atoms with Gasteiger partial charge in [-0.25, -0.2) is 8.42 Å². The van der Waals surface area contributed by atoms with Crippen molar-refractivity contribution in [3.63, 3.8) is 0 Å². The highest BCUT2D eigenvalue weighted by atomic mass is 35.5. The summed E-state index contributed by atoms with van der Waals surface area (Å²) in [5.74, 6) is 0.00718. The Morgan fingerprint density at radius 1 is 1.26 bits per heavy atom. The fourth-order valence-electron chi connectivity index (χ4n) is 1.89. The van der Waals surface area contributed by atoms with Crippen LogP contribution in [-0.2, 0) is 10.0 Å². The quantitative estimate of drug-likeness (QED) is 0.929. The maximum absolute atomic E-state index is 12.3. The molecule has 0 bridgehead atoms. The molecule has 1 heterocycles. The summed E-state index contributed by atoms with van der Waals surface area (Å²) in [5.41, 5.74) is -0.941. The maximum Gasteiger partial charge on any atom is 0.243 e. The summed E-state index contributed by atoms with van der Waals surface area (Å²) in [6, 6.07) is 4.19. The SMILES string of the molecule is CC(C)C1(O)CN(S(=O)(=O)c2ccc(Cl)c(Cl)c2)C1. The van der Waals surface area contributed by atoms with E-state index >= 15 is 0 Å². The Morgan fingerprint density at radius 3 is 2.32 bits per heavy atom. The van der Waals surface area contributed by atoms with E-state index in [4.69, 9.17) is 23.2 Å². The topological polar surface area (TPSA) is 57.6 Å². The third-order valence-corrected chi connectivity index (χ3v) is 6.03. The second-order valence-corrected chi connectivity index (χ2v) is 7.86. The molecule has 0 spiro atoms. The van der Waals surface area contributed by atoms with Gasteiger partial charge >= 0.3 is 0 Å². The van der Waals surface area contributed by atoms with Gasteiger partial charge in [0.25, 0.3) is 0 Å². The molecule has 1 aliphatic heterocycles. The number of β-amino-alcohol motifs (C(OH)–C–C–N with tert-alkyl or cyclic N) is 1. The van der Waals surface area contributed by atoms with Crippen molar-refractivity contribution in [3.05, 3.63) is 28.2 Å². The standard InChI is InChI=1S/C12H15Cl2NO3S/c1-8(2)12(16)6-15(7-12)19(17,18)9-3-4-10(13)11(14)5-9/h3-5,8,16H,6-7H2,1-2H3. The number of nitrogens with zero attached hydrogens (tertiary/aromatic N) is 1. The van der Waals surface area contributed by atoms with Crippen LogP contribution in [0.5, 0.6) is 0 Å². The second kappa shape index (κ2) is 4.90. The van der Waals surface area contributed by atoms with Crippen LogP contribution < -0.4 is 0 Å². The molecule has 1 fully saturated rings. The third-order valence-electron chi connectivity index (χ3n) is 3.50. The lowest BCUT2D eigenvalue weighted by Crippen LogP contribution is -2.65. The molecular weight excluding hydrogens is 309 g/mol. The van der Waals surface area contributed by atoms with E-state index in [0.717, 1.165) is 0 Å². The van der Waals surface area contributed by atoms with Crippen LogP contribution >= 0.6 is 23.2 Å². The molecule has 0 saturated carbocycles. The Morgan fingerprint density at radius 2 is 1.84 bits per heavy atom. The molecule has 0 aromatic heterocycles. The zero-order valence-electron chi connectivity index (χ0n) is 10.6. The van der Waals surface area contributed by atoms with E-state index in [1.165, 1.54) is 22.5 Å². The van der Waals surface area contributed by atoms with Crippen LogP contribution in [-0.4, -0.2) is 36.5 Å². The first-order valence-electron chi connectivity index (χ1n) is 5.84. The second-order valence-electron chi connectivity index (χ2n) is 5.11. The van der Waals surface area contributed by atoms with Crippen molar-refractivity contribution in [1.82, 2.24) is 4.31 Å². The van der Waals surface area contributed by atoms with Crippen molar-refractivity contribution in [2.45, 2.75) is 24.3 Å². The van der Waals surface area contributed by atoms with E-state index in [-0.39, 0.29) is 28.9 Å². The van der Waals surface area contributed by atoms with Gasteiger partial charge in [-0.05, 0) is 24.1 Å². The van der Waals surface area contributed by atoms with Crippen molar-refractivity contribution in [1.29, 1.82) is 0 Å². The molecule has 106 valence electrons. The van der Waals surface area contributed by atoms with Crippen molar-refractivity contribution in [2.75, 3.05) is 13.1 Å². The van der Waals surface area contributed by atoms with Crippen LogP contribution in [0.4, 0.5) is 0 Å². The van der Waals surface area contributed by atoms with E-state index in [1.807, 2.05) is 13.8 Å². The van der Waals surface area contributed by atoms with E-state index < -0.39 is 15.6 Å². The minimum absolute atomic E-state index is 0.00718. The molecule has 19 heavy (non-hydrogen) atoms. The highest BCUT2D eigenvalue weighted by Crippen LogP contribution is 2.34. The molecule has 1 N–H and O–H groups in total. The lowest BCUT2D eigenvalue weighted by Gasteiger charge is -2.47. The highest BCUT2D eigenvalue weighted by molar-refractivity contribution is 7.89. The van der Waals surface area contributed by atoms with Crippen molar-refractivity contribution in [3.8, 4) is 0 Å². The fraction of sp³-hybridized carbons (Fsp3) is 0.500. The Kier molecular flexibility index (Phi) is 3.88. The van der Waals surface area contributed by atoms with E-state index in [1.54, 1.807) is 0 Å². The highest BCUT2D eigenvalue weighted by Gasteiger charge is 2.49. The fourth-order valence-corrected chi connectivity index (χ4v) is 3.84. The largest absolute Gasteiger partial charge is 0.387 e. The molecule has 1 aromatic rings. The van der Waals surface area contributed by atoms with Crippen molar-refractivity contribution < 1.29 is 13.5 Å². The normalized spacial score (nSPS) is 19.5. The summed E-state index contributed by atoms with van der Waals surface area (Å²) >= 11 is 11.6. The lowest BCUT2D eigenvalue weighted by molar-refractivity contribution is -0.0932. The Bertz CT molecular complexity index is 595. The van der Waals surface area contributed by atoms with Gasteiger partial charge in [-0.3, -0.25) is 0 Å². The van der Waals surface area contributed by atoms with Crippen LogP contribution in [0.15, 0.2) is 23.1 Å². The molecule has 0 aliphatic carbocycles. The summed E-state index contributed by atoms with van der Waals surface area (Å²) in [6.07, 6.45) is 0. The number of hydrogen-bond donors (Lipinski definition) is 1. The number of hydrogen-bond acceptors (Lipinski definition) is 3. The molecular formula is C12H15Cl2NO3S. The van der Waals surface area contributed by atoms with Crippen LogP contribution in [0, 0.1) is 5.92 Å². The molecule has 1 aliphatic rings. The molecule has 1 aromatic carbocycles. The first kappa shape index (κ1) is 15.1. The van der Waals surface area contributed by atoms with Gasteiger partial charge in [-0.15, -0.1) is 0 Å². The Balaban J connectivity index is 2.23. The van der Waals surface area contributed by atoms with Gasteiger partial charge in [0.1, 0.15) is 0 Å². The summed E-state index contributed by atoms with van der Waals surface area (Å²) in [6.45, 7) is 3.94. The van der Waals surface area contributed by atoms with Crippen LogP contribution in [0.2, 0.25) is 10.0 Å². The summed E-state index contributed by atoms with van der Waals surface area (Å²) < 4.78 is 25.8. The van der Waals surface area contributed by atoms with Crippen LogP contribution in [0.3, 0.4) is 0 Å². The maximum atomic E-state index is 12.3. The Labute approximate surface area is 123 Å². The van der Waals surface area contributed by atoms with Gasteiger partial charge in [0.05, 0.1) is 20.5 Å². The predicted molar refractivity (Wildman–Crippen MR) is 75.0 cm³/mol. The van der Waals surface area contributed by atoms with Crippen molar-refractivity contribution in [2.24, 2.45) is 5.92 Å². The van der Waals surface area contributed by atoms with Gasteiger partial charge in [-0.2, -0.15) is 4.31 Å². The minimum atomic E-state index is -3.62. The average Bonchev–Trinajstić information content (AvgIpc) is 2.27. The van der Waals surface area contributed by atoms with Crippen LogP contribution in [0.1, 0.15) is 13.8 Å². The molecule has 2 rings (SSSR count). The number of rotatable bonds is 3. The summed E-state index contributed by atoms with van der Waals surface area (Å²) in [7, 11) is -3.62. The first-order valence-corrected chi connectivity index (χ1v) is 8.04. The molecule has 0 atom stereocenters. The van der Waals surface area contributed by atoms with Gasteiger partial charge < -0.3 is 5.11 Å². The molecule has 7 heteroatoms. The molecule has 0 unspecified atom stereocenters. The van der Waals surface area contributed by atoms with E-state index in [0.29, 0.717) is 5.02 Å². The average molecular weight is 324 g/mol. The lowest BCUT2D eigenvalue weighted by atomic mass is 9.85. The molecule has 0 radical (unpaired) electrons. The zero-order chi connectivity index (χ0) is 14.4. The van der Waals surface area contributed by atoms with Gasteiger partial charge in [-0.1, -0.05) is 37.0 Å². The van der Waals surface area contributed by atoms with Gasteiger partial charge in [0, 0.05) is 13.1 Å². The Hall–Kier alpha value is -0.330. The number of sulfonamides is 1. The predicted octanol–water partition coefficient (Wildman–Crippen LogP) is 2.38. The van der Waals surface area contributed by atoms with Crippen LogP contribution in [0.25, 0.3) is 0 Å². The zero-order valence-corrected chi connectivity index (χ0v) is 12.9. The first-order chi connectivity index (χ1) is 8.67. The minimum Gasteiger partial charge on any atom is -0.387 e. The van der Waals surface area contributed by atoms with E-state index in [9.17, 15) is 13.5 Å². The molecule has 4 nitrogen and oxygen atoms in total. The number of benzene rings is 1. The molecule has 1 saturated heterocycles. The molecule has 0 amide bonds. The smallest absolute Gasteiger partial charge is 0.243 e.